The quantitative estimate of drug-likeness (QED) is 0.175. The molecule has 1 aliphatic rings. The number of para-hydroxylation sites is 1. The second kappa shape index (κ2) is 14.6. The molecule has 2 aromatic carbocycles. The fraction of sp³-hybridized carbons (Fsp3) is 0.323. The van der Waals surface area contributed by atoms with Crippen molar-refractivity contribution < 1.29 is 46.9 Å². The number of aliphatic hydroxyl groups is 2. The molecule has 0 unspecified atom stereocenters. The molecule has 5 N–H and O–H groups in total. The van der Waals surface area contributed by atoms with Crippen molar-refractivity contribution in [3.8, 4) is 16.9 Å². The molecule has 1 amide bonds. The molecule has 0 saturated heterocycles. The number of anilines is 1. The van der Waals surface area contributed by atoms with Crippen molar-refractivity contribution in [1.82, 2.24) is 19.9 Å². The van der Waals surface area contributed by atoms with Gasteiger partial charge in [-0.3, -0.25) is 14.2 Å². The number of aromatic nitrogens is 3. The van der Waals surface area contributed by atoms with E-state index >= 15 is 0 Å². The Hall–Kier alpha value is -4.96. The smallest absolute Gasteiger partial charge is 0.475 e. The number of alkyl halides is 3. The van der Waals surface area contributed by atoms with Crippen LogP contribution < -0.4 is 16.2 Å². The molecule has 5 rings (SSSR count). The molecule has 2 heterocycles. The van der Waals surface area contributed by atoms with Crippen LogP contribution in [0.5, 0.6) is 0 Å². The van der Waals surface area contributed by atoms with Gasteiger partial charge in [-0.15, -0.1) is 0 Å². The van der Waals surface area contributed by atoms with Crippen molar-refractivity contribution in [2.24, 2.45) is 0 Å². The van der Waals surface area contributed by atoms with Crippen LogP contribution in [0.1, 0.15) is 41.6 Å². The van der Waals surface area contributed by atoms with Gasteiger partial charge in [0.25, 0.3) is 11.5 Å². The van der Waals surface area contributed by atoms with Gasteiger partial charge in [-0.2, -0.15) is 18.2 Å². The van der Waals surface area contributed by atoms with Crippen LogP contribution in [0.3, 0.4) is 0 Å². The summed E-state index contributed by atoms with van der Waals surface area (Å²) < 4.78 is 62.3. The lowest BCUT2D eigenvalue weighted by atomic mass is 9.99. The first kappa shape index (κ1) is 34.9. The average molecular weight is 664 g/mol. The van der Waals surface area contributed by atoms with Crippen LogP contribution in [-0.4, -0.2) is 73.2 Å². The molecule has 0 bridgehead atoms. The number of carbonyl (C=O) groups excluding carboxylic acids is 1. The van der Waals surface area contributed by atoms with E-state index in [9.17, 15) is 41.8 Å². The number of amides is 1. The molecule has 0 spiro atoms. The fourth-order valence-electron chi connectivity index (χ4n) is 4.99. The third-order valence-electron chi connectivity index (χ3n) is 7.37. The summed E-state index contributed by atoms with van der Waals surface area (Å²) in [4.78, 5) is 44.0. The highest BCUT2D eigenvalue weighted by molar-refractivity contribution is 5.98. The van der Waals surface area contributed by atoms with Gasteiger partial charge < -0.3 is 26.0 Å². The third kappa shape index (κ3) is 8.07. The fourth-order valence-corrected chi connectivity index (χ4v) is 4.99. The van der Waals surface area contributed by atoms with Crippen LogP contribution in [0.4, 0.5) is 27.9 Å². The van der Waals surface area contributed by atoms with E-state index in [1.54, 1.807) is 18.2 Å². The van der Waals surface area contributed by atoms with Crippen molar-refractivity contribution in [2.45, 2.75) is 50.9 Å². The molecule has 250 valence electrons. The van der Waals surface area contributed by atoms with Crippen LogP contribution in [0.2, 0.25) is 0 Å². The first-order valence-corrected chi connectivity index (χ1v) is 14.3. The number of fused-ring (bicyclic) bond motifs is 1. The monoisotopic (exact) mass is 663 g/mol. The highest BCUT2D eigenvalue weighted by Gasteiger charge is 2.38. The summed E-state index contributed by atoms with van der Waals surface area (Å²) in [7, 11) is 0. The number of hydrogen-bond acceptors (Lipinski definition) is 8. The summed E-state index contributed by atoms with van der Waals surface area (Å²) in [6.07, 6.45) is -1.09. The predicted octanol–water partition coefficient (Wildman–Crippen LogP) is 4.11. The lowest BCUT2D eigenvalue weighted by Crippen LogP contribution is -2.32. The van der Waals surface area contributed by atoms with Crippen LogP contribution in [0.15, 0.2) is 53.3 Å². The van der Waals surface area contributed by atoms with Gasteiger partial charge in [0.05, 0.1) is 24.9 Å². The van der Waals surface area contributed by atoms with E-state index in [2.05, 4.69) is 20.6 Å². The number of nitrogens with one attached hydrogen (secondary N) is 2. The van der Waals surface area contributed by atoms with Crippen molar-refractivity contribution >= 4 is 28.9 Å². The summed E-state index contributed by atoms with van der Waals surface area (Å²) in [6, 6.07) is 10.3. The molecular weight excluding hydrogens is 633 g/mol. The van der Waals surface area contributed by atoms with Gasteiger partial charge in [0, 0.05) is 28.6 Å². The summed E-state index contributed by atoms with van der Waals surface area (Å²) in [6.45, 7) is 0.922. The molecule has 11 nitrogen and oxygen atoms in total. The van der Waals surface area contributed by atoms with E-state index in [0.717, 1.165) is 47.9 Å². The molecule has 0 aliphatic heterocycles. The second-order valence-corrected chi connectivity index (χ2v) is 10.7. The van der Waals surface area contributed by atoms with Crippen LogP contribution in [0, 0.1) is 18.6 Å². The summed E-state index contributed by atoms with van der Waals surface area (Å²) in [5.74, 6) is -5.00. The Balaban J connectivity index is 0.000000644. The number of benzene rings is 2. The number of carboxylic acid groups (broad SMARTS) is 1. The maximum absolute atomic E-state index is 14.9. The van der Waals surface area contributed by atoms with Crippen LogP contribution in [0.25, 0.3) is 28.0 Å². The highest BCUT2D eigenvalue weighted by Crippen LogP contribution is 2.32. The van der Waals surface area contributed by atoms with Crippen molar-refractivity contribution in [3.05, 3.63) is 81.6 Å². The van der Waals surface area contributed by atoms with E-state index in [1.807, 2.05) is 6.92 Å². The van der Waals surface area contributed by atoms with Crippen LogP contribution >= 0.6 is 0 Å². The number of hydrogen-bond donors (Lipinski definition) is 5. The van der Waals surface area contributed by atoms with Gasteiger partial charge in [-0.1, -0.05) is 25.0 Å². The Morgan fingerprint density at radius 1 is 1.00 bits per heavy atom. The van der Waals surface area contributed by atoms with Crippen LogP contribution in [-0.2, 0) is 4.79 Å². The Morgan fingerprint density at radius 2 is 1.62 bits per heavy atom. The lowest BCUT2D eigenvalue weighted by molar-refractivity contribution is -0.192. The minimum atomic E-state index is -5.08. The van der Waals surface area contributed by atoms with E-state index in [-0.39, 0.29) is 23.5 Å². The molecule has 0 radical (unpaired) electrons. The van der Waals surface area contributed by atoms with Gasteiger partial charge in [-0.25, -0.2) is 18.6 Å². The number of halogens is 5. The number of aliphatic hydroxyl groups excluding tert-OH is 2. The van der Waals surface area contributed by atoms with Crippen molar-refractivity contribution in [1.29, 1.82) is 0 Å². The van der Waals surface area contributed by atoms with Gasteiger partial charge in [0.1, 0.15) is 17.3 Å². The maximum Gasteiger partial charge on any atom is 0.490 e. The zero-order valence-corrected chi connectivity index (χ0v) is 24.8. The molecule has 1 fully saturated rings. The normalized spacial score (nSPS) is 13.4. The highest BCUT2D eigenvalue weighted by atomic mass is 19.4. The number of carboxylic acids is 1. The average Bonchev–Trinajstić information content (AvgIpc) is 3.53. The number of aryl methyl sites for hydroxylation is 1. The standard InChI is InChI=1S/C29H29F2N5O4.C2HF3O2/c1-16-9-10-17(28(40)32-18-5-2-3-6-18)13-21(16)25-20-11-12-24(39)36(26-22(30)7-4-8-23(26)31)27(20)35-29(34-25)33-19(14-37)15-38;3-2(4,5)1(6)7/h4,7-13,18-19,37-38H,2-3,5-6,14-15H2,1H3,(H,32,40)(H,33,34,35);(H,6,7). The number of pyridine rings is 1. The molecule has 16 heteroatoms. The predicted molar refractivity (Wildman–Crippen MR) is 160 cm³/mol. The molecule has 47 heavy (non-hydrogen) atoms. The van der Waals surface area contributed by atoms with Crippen molar-refractivity contribution in [2.75, 3.05) is 18.5 Å². The number of aliphatic carboxylic acids is 1. The topological polar surface area (TPSA) is 167 Å². The Kier molecular flexibility index (Phi) is 10.9. The van der Waals surface area contributed by atoms with E-state index in [0.29, 0.717) is 22.2 Å². The van der Waals surface area contributed by atoms with Gasteiger partial charge >= 0.3 is 12.1 Å². The van der Waals surface area contributed by atoms with Gasteiger partial charge in [0.15, 0.2) is 5.65 Å². The Morgan fingerprint density at radius 3 is 2.19 bits per heavy atom. The number of rotatable bonds is 8. The SMILES string of the molecule is Cc1ccc(C(=O)NC2CCCC2)cc1-c1nc(NC(CO)CO)nc2c1ccc(=O)n2-c1c(F)cccc1F.O=C(O)C(F)(F)F. The molecular formula is C31H30F5N5O6. The number of carbonyl (C=O) groups is 2. The number of nitrogens with zero attached hydrogens (tertiary/aromatic N) is 3. The molecule has 1 aliphatic carbocycles. The molecule has 2 aromatic heterocycles. The maximum atomic E-state index is 14.9. The first-order chi connectivity index (χ1) is 22.2. The zero-order valence-electron chi connectivity index (χ0n) is 24.8. The molecule has 4 aromatic rings. The first-order valence-electron chi connectivity index (χ1n) is 14.3. The van der Waals surface area contributed by atoms with Gasteiger partial charge in [-0.05, 0) is 55.7 Å². The van der Waals surface area contributed by atoms with Crippen molar-refractivity contribution in [3.63, 3.8) is 0 Å². The Bertz CT molecular complexity index is 1820. The van der Waals surface area contributed by atoms with E-state index in [4.69, 9.17) is 9.90 Å². The van der Waals surface area contributed by atoms with Gasteiger partial charge in [0.2, 0.25) is 5.95 Å². The molecule has 1 saturated carbocycles. The molecule has 0 atom stereocenters. The summed E-state index contributed by atoms with van der Waals surface area (Å²) in [5, 5.41) is 32.5. The van der Waals surface area contributed by atoms with E-state index < -0.39 is 54.3 Å². The second-order valence-electron chi connectivity index (χ2n) is 10.7. The largest absolute Gasteiger partial charge is 0.490 e. The van der Waals surface area contributed by atoms with E-state index in [1.165, 1.54) is 18.2 Å². The summed E-state index contributed by atoms with van der Waals surface area (Å²) in [5.41, 5.74) is 0.563. The minimum absolute atomic E-state index is 0.0908. The Labute approximate surface area is 263 Å². The lowest BCUT2D eigenvalue weighted by Gasteiger charge is -2.19. The summed E-state index contributed by atoms with van der Waals surface area (Å²) >= 11 is 0. The zero-order chi connectivity index (χ0) is 34.5. The minimum Gasteiger partial charge on any atom is -0.475 e. The third-order valence-corrected chi connectivity index (χ3v) is 7.37.